The molecule has 3 aliphatic rings. The third-order valence-electron chi connectivity index (χ3n) is 7.62. The van der Waals surface area contributed by atoms with Gasteiger partial charge in [0.2, 0.25) is 11.8 Å². The first-order valence-electron chi connectivity index (χ1n) is 12.9. The van der Waals surface area contributed by atoms with Crippen LogP contribution in [0.3, 0.4) is 0 Å². The molecule has 0 aromatic rings. The highest BCUT2D eigenvalue weighted by Crippen LogP contribution is 2.59. The van der Waals surface area contributed by atoms with E-state index >= 15 is 0 Å². The molecular formula is C27H42N2O6. The number of amides is 2. The van der Waals surface area contributed by atoms with Crippen LogP contribution in [-0.4, -0.2) is 82.3 Å². The highest BCUT2D eigenvalue weighted by molar-refractivity contribution is 5.98. The molecule has 0 aliphatic carbocycles. The summed E-state index contributed by atoms with van der Waals surface area (Å²) in [4.78, 5) is 44.5. The van der Waals surface area contributed by atoms with E-state index in [0.29, 0.717) is 32.2 Å². The third kappa shape index (κ3) is 4.92. The molecule has 196 valence electrons. The summed E-state index contributed by atoms with van der Waals surface area (Å²) in [6, 6.07) is -1.56. The molecule has 3 aliphatic heterocycles. The Bertz CT molecular complexity index is 826. The van der Waals surface area contributed by atoms with E-state index < -0.39 is 41.6 Å². The average molecular weight is 491 g/mol. The molecule has 1 spiro atoms. The van der Waals surface area contributed by atoms with Crippen molar-refractivity contribution in [2.45, 2.75) is 89.6 Å². The number of allylic oxidation sites excluding steroid dienone is 1. The van der Waals surface area contributed by atoms with Gasteiger partial charge in [-0.15, -0.1) is 13.2 Å². The number of nitrogens with zero attached hydrogens (tertiary/aromatic N) is 2. The number of esters is 1. The van der Waals surface area contributed by atoms with Gasteiger partial charge in [0, 0.05) is 12.6 Å². The molecule has 3 rings (SSSR count). The first kappa shape index (κ1) is 27.4. The molecule has 35 heavy (non-hydrogen) atoms. The van der Waals surface area contributed by atoms with Gasteiger partial charge in [-0.1, -0.05) is 26.0 Å². The Kier molecular flexibility index (Phi) is 8.81. The number of ether oxygens (including phenoxy) is 2. The number of hydrogen-bond acceptors (Lipinski definition) is 6. The van der Waals surface area contributed by atoms with Crippen LogP contribution in [0, 0.1) is 17.8 Å². The Morgan fingerprint density at radius 1 is 1.29 bits per heavy atom. The predicted octanol–water partition coefficient (Wildman–Crippen LogP) is 2.70. The molecule has 3 heterocycles. The van der Waals surface area contributed by atoms with Gasteiger partial charge in [0.05, 0.1) is 37.2 Å². The van der Waals surface area contributed by atoms with E-state index in [1.807, 2.05) is 27.7 Å². The molecule has 3 fully saturated rings. The Hall–Kier alpha value is -2.19. The van der Waals surface area contributed by atoms with Crippen molar-refractivity contribution in [3.63, 3.8) is 0 Å². The molecule has 1 N–H and O–H groups in total. The SMILES string of the molecule is C=CCCCOC(=O)[C@@H]1[C@@H]2CCC3(O2)C(C(=O)N(CC=C)C(C)C)N([C@@H](CO)CC(C)C)C(=O)[C@H]13. The van der Waals surface area contributed by atoms with Gasteiger partial charge in [0.25, 0.3) is 0 Å². The summed E-state index contributed by atoms with van der Waals surface area (Å²) in [5, 5.41) is 10.3. The number of unbranched alkanes of at least 4 members (excludes halogenated alkanes) is 1. The van der Waals surface area contributed by atoms with E-state index in [4.69, 9.17) is 9.47 Å². The lowest BCUT2D eigenvalue weighted by molar-refractivity contribution is -0.157. The molecule has 0 aromatic carbocycles. The molecule has 8 heteroatoms. The lowest BCUT2D eigenvalue weighted by Gasteiger charge is -2.40. The second-order valence-electron chi connectivity index (χ2n) is 10.7. The summed E-state index contributed by atoms with van der Waals surface area (Å²) in [5.41, 5.74) is -1.09. The van der Waals surface area contributed by atoms with Crippen molar-refractivity contribution in [3.8, 4) is 0 Å². The number of rotatable bonds is 13. The zero-order valence-electron chi connectivity index (χ0n) is 21.7. The van der Waals surface area contributed by atoms with E-state index in [1.54, 1.807) is 22.0 Å². The lowest BCUT2D eigenvalue weighted by Crippen LogP contribution is -2.59. The van der Waals surface area contributed by atoms with Crippen LogP contribution in [0.25, 0.3) is 0 Å². The first-order valence-corrected chi connectivity index (χ1v) is 12.9. The molecular weight excluding hydrogens is 448 g/mol. The molecule has 0 radical (unpaired) electrons. The Labute approximate surface area is 209 Å². The number of hydrogen-bond donors (Lipinski definition) is 1. The normalized spacial score (nSPS) is 30.0. The Morgan fingerprint density at radius 3 is 2.57 bits per heavy atom. The topological polar surface area (TPSA) is 96.4 Å². The van der Waals surface area contributed by atoms with Gasteiger partial charge in [-0.3, -0.25) is 14.4 Å². The van der Waals surface area contributed by atoms with Crippen molar-refractivity contribution >= 4 is 17.8 Å². The summed E-state index contributed by atoms with van der Waals surface area (Å²) in [7, 11) is 0. The summed E-state index contributed by atoms with van der Waals surface area (Å²) >= 11 is 0. The fraction of sp³-hybridized carbons (Fsp3) is 0.741. The summed E-state index contributed by atoms with van der Waals surface area (Å²) in [5.74, 6) is -2.29. The highest BCUT2D eigenvalue weighted by Gasteiger charge is 2.75. The molecule has 0 aromatic heterocycles. The zero-order chi connectivity index (χ0) is 25.9. The number of aliphatic hydroxyl groups excluding tert-OH is 1. The Morgan fingerprint density at radius 2 is 2.00 bits per heavy atom. The van der Waals surface area contributed by atoms with Crippen LogP contribution in [-0.2, 0) is 23.9 Å². The van der Waals surface area contributed by atoms with Crippen LogP contribution < -0.4 is 0 Å². The van der Waals surface area contributed by atoms with E-state index in [9.17, 15) is 19.5 Å². The van der Waals surface area contributed by atoms with E-state index in [1.165, 1.54) is 0 Å². The second-order valence-corrected chi connectivity index (χ2v) is 10.7. The molecule has 3 saturated heterocycles. The quantitative estimate of drug-likeness (QED) is 0.242. The van der Waals surface area contributed by atoms with Crippen LogP contribution in [0.4, 0.5) is 0 Å². The van der Waals surface area contributed by atoms with E-state index in [2.05, 4.69) is 13.2 Å². The number of fused-ring (bicyclic) bond motifs is 1. The van der Waals surface area contributed by atoms with Gasteiger partial charge < -0.3 is 24.4 Å². The van der Waals surface area contributed by atoms with Gasteiger partial charge in [-0.25, -0.2) is 0 Å². The lowest BCUT2D eigenvalue weighted by atomic mass is 9.70. The predicted molar refractivity (Wildman–Crippen MR) is 132 cm³/mol. The molecule has 2 amide bonds. The van der Waals surface area contributed by atoms with Crippen LogP contribution in [0.1, 0.15) is 59.8 Å². The minimum Gasteiger partial charge on any atom is -0.465 e. The molecule has 2 bridgehead atoms. The third-order valence-corrected chi connectivity index (χ3v) is 7.62. The first-order chi connectivity index (χ1) is 16.6. The number of carbonyl (C=O) groups is 3. The standard InChI is InChI=1S/C27H42N2O6/c1-7-9-10-14-34-26(33)21-20-11-12-27(35-20)22(21)24(31)29(19(16-30)15-17(3)4)23(27)25(32)28(13-8-2)18(5)6/h7-8,17-23,30H,1-2,9-16H2,3-6H3/t19-,20+,21-,22+,23?,27?/m1/s1. The maximum Gasteiger partial charge on any atom is 0.312 e. The van der Waals surface area contributed by atoms with Crippen LogP contribution in [0.5, 0.6) is 0 Å². The fourth-order valence-corrected chi connectivity index (χ4v) is 6.20. The van der Waals surface area contributed by atoms with Gasteiger partial charge in [-0.2, -0.15) is 0 Å². The monoisotopic (exact) mass is 490 g/mol. The second kappa shape index (κ2) is 11.2. The molecule has 8 nitrogen and oxygen atoms in total. The molecule has 6 atom stereocenters. The Balaban J connectivity index is 2.01. The molecule has 2 unspecified atom stereocenters. The van der Waals surface area contributed by atoms with Gasteiger partial charge >= 0.3 is 5.97 Å². The maximum atomic E-state index is 14.1. The minimum absolute atomic E-state index is 0.116. The summed E-state index contributed by atoms with van der Waals surface area (Å²) in [6.45, 7) is 15.7. The van der Waals surface area contributed by atoms with Crippen LogP contribution in [0.2, 0.25) is 0 Å². The highest BCUT2D eigenvalue weighted by atomic mass is 16.6. The van der Waals surface area contributed by atoms with Crippen molar-refractivity contribution in [2.75, 3.05) is 19.8 Å². The van der Waals surface area contributed by atoms with E-state index in [-0.39, 0.29) is 37.0 Å². The van der Waals surface area contributed by atoms with Gasteiger partial charge in [0.15, 0.2) is 0 Å². The van der Waals surface area contributed by atoms with Crippen molar-refractivity contribution in [1.29, 1.82) is 0 Å². The largest absolute Gasteiger partial charge is 0.465 e. The maximum absolute atomic E-state index is 14.1. The molecule has 0 saturated carbocycles. The average Bonchev–Trinajstić information content (AvgIpc) is 3.45. The summed E-state index contributed by atoms with van der Waals surface area (Å²) < 4.78 is 12.0. The summed E-state index contributed by atoms with van der Waals surface area (Å²) in [6.07, 6.45) is 6.03. The van der Waals surface area contributed by atoms with Crippen molar-refractivity contribution in [3.05, 3.63) is 25.3 Å². The van der Waals surface area contributed by atoms with Crippen LogP contribution >= 0.6 is 0 Å². The van der Waals surface area contributed by atoms with Crippen molar-refractivity contribution in [1.82, 2.24) is 9.80 Å². The van der Waals surface area contributed by atoms with Crippen LogP contribution in [0.15, 0.2) is 25.3 Å². The zero-order valence-corrected chi connectivity index (χ0v) is 21.7. The fourth-order valence-electron chi connectivity index (χ4n) is 6.20. The van der Waals surface area contributed by atoms with E-state index in [0.717, 1.165) is 6.42 Å². The number of carbonyl (C=O) groups excluding carboxylic acids is 3. The number of likely N-dealkylation sites (tertiary alicyclic amines) is 1. The smallest absolute Gasteiger partial charge is 0.312 e. The number of aliphatic hydroxyl groups is 1. The minimum atomic E-state index is -1.09. The van der Waals surface area contributed by atoms with Crippen molar-refractivity contribution < 1.29 is 29.0 Å². The van der Waals surface area contributed by atoms with Gasteiger partial charge in [-0.05, 0) is 51.9 Å². The van der Waals surface area contributed by atoms with Gasteiger partial charge in [0.1, 0.15) is 11.6 Å². The van der Waals surface area contributed by atoms with Crippen molar-refractivity contribution in [2.24, 2.45) is 17.8 Å².